The lowest BCUT2D eigenvalue weighted by molar-refractivity contribution is -0.114. The van der Waals surface area contributed by atoms with Crippen molar-refractivity contribution in [3.63, 3.8) is 0 Å². The fourth-order valence-corrected chi connectivity index (χ4v) is 1.35. The van der Waals surface area contributed by atoms with Crippen LogP contribution in [0.1, 0.15) is 12.5 Å². The Bertz CT molecular complexity index is 519. The number of aromatic nitrogens is 2. The van der Waals surface area contributed by atoms with E-state index >= 15 is 0 Å². The molecular weight excluding hydrogens is 206 g/mol. The first-order valence-electron chi connectivity index (χ1n) is 4.84. The molecule has 82 valence electrons. The van der Waals surface area contributed by atoms with Gasteiger partial charge >= 0.3 is 0 Å². The first-order valence-corrected chi connectivity index (χ1v) is 4.84. The Balaban J connectivity index is 2.32. The highest BCUT2D eigenvalue weighted by Crippen LogP contribution is 2.21. The van der Waals surface area contributed by atoms with Crippen LogP contribution in [0.4, 0.5) is 5.95 Å². The third-order valence-corrected chi connectivity index (χ3v) is 2.09. The molecule has 0 bridgehead atoms. The van der Waals surface area contributed by atoms with Crippen molar-refractivity contribution in [3.05, 3.63) is 29.8 Å². The zero-order valence-electron chi connectivity index (χ0n) is 9.02. The Morgan fingerprint density at radius 2 is 2.12 bits per heavy atom. The molecule has 1 aromatic carbocycles. The average molecular weight is 217 g/mol. The molecule has 5 heteroatoms. The van der Waals surface area contributed by atoms with Gasteiger partial charge in [0, 0.05) is 12.5 Å². The Morgan fingerprint density at radius 3 is 2.81 bits per heavy atom. The zero-order chi connectivity index (χ0) is 11.5. The molecule has 0 atom stereocenters. The number of nitrogens with one attached hydrogen (secondary N) is 1. The van der Waals surface area contributed by atoms with E-state index in [4.69, 9.17) is 4.52 Å². The molecule has 1 heterocycles. The quantitative estimate of drug-likeness (QED) is 0.835. The Hall–Kier alpha value is -2.17. The predicted octanol–water partition coefficient (Wildman–Crippen LogP) is 2.00. The second kappa shape index (κ2) is 4.14. The summed E-state index contributed by atoms with van der Waals surface area (Å²) in [5.41, 5.74) is 1.91. The highest BCUT2D eigenvalue weighted by Gasteiger charge is 2.10. The van der Waals surface area contributed by atoms with E-state index in [1.165, 1.54) is 6.92 Å². The molecule has 16 heavy (non-hydrogen) atoms. The van der Waals surface area contributed by atoms with E-state index in [1.807, 2.05) is 31.2 Å². The zero-order valence-corrected chi connectivity index (χ0v) is 9.02. The lowest BCUT2D eigenvalue weighted by atomic mass is 10.1. The van der Waals surface area contributed by atoms with Gasteiger partial charge in [-0.3, -0.25) is 10.1 Å². The molecule has 0 aliphatic carbocycles. The van der Waals surface area contributed by atoms with Gasteiger partial charge in [0.25, 0.3) is 11.8 Å². The maximum absolute atomic E-state index is 10.8. The van der Waals surface area contributed by atoms with Crippen molar-refractivity contribution < 1.29 is 9.32 Å². The van der Waals surface area contributed by atoms with Crippen molar-refractivity contribution in [1.82, 2.24) is 10.1 Å². The fraction of sp³-hybridized carbons (Fsp3) is 0.182. The number of aryl methyl sites for hydroxylation is 1. The van der Waals surface area contributed by atoms with Gasteiger partial charge in [-0.25, -0.2) is 0 Å². The van der Waals surface area contributed by atoms with Crippen LogP contribution in [0.25, 0.3) is 11.5 Å². The summed E-state index contributed by atoms with van der Waals surface area (Å²) in [6, 6.07) is 7.67. The lowest BCUT2D eigenvalue weighted by Gasteiger charge is -1.97. The van der Waals surface area contributed by atoms with E-state index in [9.17, 15) is 4.79 Å². The van der Waals surface area contributed by atoms with Crippen molar-refractivity contribution in [3.8, 4) is 11.5 Å². The number of carbonyl (C=O) groups is 1. The molecule has 1 amide bonds. The van der Waals surface area contributed by atoms with Crippen LogP contribution in [0.3, 0.4) is 0 Å². The minimum absolute atomic E-state index is 0.186. The average Bonchev–Trinajstić information content (AvgIpc) is 2.66. The Labute approximate surface area is 92.5 Å². The number of hydrogen-bond acceptors (Lipinski definition) is 4. The third kappa shape index (κ3) is 2.08. The molecule has 0 unspecified atom stereocenters. The smallest absolute Gasteiger partial charge is 0.270 e. The van der Waals surface area contributed by atoms with Gasteiger partial charge in [-0.1, -0.05) is 18.2 Å². The summed E-state index contributed by atoms with van der Waals surface area (Å²) in [6.45, 7) is 3.35. The van der Waals surface area contributed by atoms with Crippen LogP contribution in [0, 0.1) is 6.92 Å². The summed E-state index contributed by atoms with van der Waals surface area (Å²) in [7, 11) is 0. The molecule has 0 spiro atoms. The Morgan fingerprint density at radius 1 is 1.38 bits per heavy atom. The maximum atomic E-state index is 10.8. The van der Waals surface area contributed by atoms with Gasteiger partial charge in [-0.2, -0.15) is 4.98 Å². The molecule has 0 saturated carbocycles. The van der Waals surface area contributed by atoms with Gasteiger partial charge in [0.15, 0.2) is 0 Å². The molecule has 5 nitrogen and oxygen atoms in total. The highest BCUT2D eigenvalue weighted by atomic mass is 16.5. The monoisotopic (exact) mass is 217 g/mol. The summed E-state index contributed by atoms with van der Waals surface area (Å²) in [6.07, 6.45) is 0. The van der Waals surface area contributed by atoms with Crippen LogP contribution in [0.2, 0.25) is 0 Å². The van der Waals surface area contributed by atoms with Crippen LogP contribution >= 0.6 is 0 Å². The number of carbonyl (C=O) groups excluding carboxylic acids is 1. The predicted molar refractivity (Wildman–Crippen MR) is 58.8 cm³/mol. The first-order chi connectivity index (χ1) is 7.66. The minimum Gasteiger partial charge on any atom is -0.332 e. The van der Waals surface area contributed by atoms with E-state index in [0.29, 0.717) is 5.89 Å². The topological polar surface area (TPSA) is 68.0 Å². The molecule has 2 aromatic rings. The summed E-state index contributed by atoms with van der Waals surface area (Å²) in [4.78, 5) is 14.9. The van der Waals surface area contributed by atoms with Crippen LogP contribution in [0.15, 0.2) is 28.8 Å². The van der Waals surface area contributed by atoms with Crippen LogP contribution in [-0.4, -0.2) is 16.0 Å². The van der Waals surface area contributed by atoms with Gasteiger partial charge < -0.3 is 4.52 Å². The normalized spacial score (nSPS) is 10.1. The molecule has 2 rings (SSSR count). The number of anilines is 1. The van der Waals surface area contributed by atoms with Crippen LogP contribution in [-0.2, 0) is 4.79 Å². The summed E-state index contributed by atoms with van der Waals surface area (Å²) in [5.74, 6) is 0.365. The first kappa shape index (κ1) is 10.4. The molecule has 0 radical (unpaired) electrons. The van der Waals surface area contributed by atoms with E-state index < -0.39 is 0 Å². The fourth-order valence-electron chi connectivity index (χ4n) is 1.35. The van der Waals surface area contributed by atoms with Gasteiger partial charge in [-0.15, -0.1) is 0 Å². The summed E-state index contributed by atoms with van der Waals surface area (Å²) < 4.78 is 5.06. The second-order valence-electron chi connectivity index (χ2n) is 3.42. The maximum Gasteiger partial charge on any atom is 0.270 e. The Kier molecular flexibility index (Phi) is 2.68. The number of hydrogen-bond donors (Lipinski definition) is 1. The molecule has 0 saturated heterocycles. The minimum atomic E-state index is -0.225. The van der Waals surface area contributed by atoms with Crippen LogP contribution < -0.4 is 5.32 Å². The molecule has 0 fully saturated rings. The van der Waals surface area contributed by atoms with E-state index in [0.717, 1.165) is 11.1 Å². The number of nitrogens with zero attached hydrogens (tertiary/aromatic N) is 2. The standard InChI is InChI=1S/C11H11N3O2/c1-7-5-3-4-6-9(7)10-13-11(14-16-10)12-8(2)15/h3-6H,1-2H3,(H,12,14,15). The van der Waals surface area contributed by atoms with E-state index in [2.05, 4.69) is 15.5 Å². The molecule has 1 aromatic heterocycles. The van der Waals surface area contributed by atoms with Gasteiger partial charge in [0.1, 0.15) is 0 Å². The van der Waals surface area contributed by atoms with Crippen molar-refractivity contribution >= 4 is 11.9 Å². The van der Waals surface area contributed by atoms with Crippen molar-refractivity contribution in [2.45, 2.75) is 13.8 Å². The molecule has 1 N–H and O–H groups in total. The number of amides is 1. The third-order valence-electron chi connectivity index (χ3n) is 2.09. The van der Waals surface area contributed by atoms with Crippen molar-refractivity contribution in [1.29, 1.82) is 0 Å². The molecule has 0 aliphatic rings. The largest absolute Gasteiger partial charge is 0.332 e. The molecular formula is C11H11N3O2. The summed E-state index contributed by atoms with van der Waals surface area (Å²) >= 11 is 0. The molecule has 0 aliphatic heterocycles. The summed E-state index contributed by atoms with van der Waals surface area (Å²) in [5, 5.41) is 6.12. The van der Waals surface area contributed by atoms with Crippen molar-refractivity contribution in [2.75, 3.05) is 5.32 Å². The van der Waals surface area contributed by atoms with Gasteiger partial charge in [-0.05, 0) is 23.7 Å². The second-order valence-corrected chi connectivity index (χ2v) is 3.42. The van der Waals surface area contributed by atoms with Gasteiger partial charge in [0.2, 0.25) is 5.91 Å². The van der Waals surface area contributed by atoms with Gasteiger partial charge in [0.05, 0.1) is 0 Å². The highest BCUT2D eigenvalue weighted by molar-refractivity contribution is 5.86. The number of benzene rings is 1. The lowest BCUT2D eigenvalue weighted by Crippen LogP contribution is -2.06. The van der Waals surface area contributed by atoms with E-state index in [1.54, 1.807) is 0 Å². The van der Waals surface area contributed by atoms with Crippen molar-refractivity contribution in [2.24, 2.45) is 0 Å². The van der Waals surface area contributed by atoms with Crippen LogP contribution in [0.5, 0.6) is 0 Å². The SMILES string of the molecule is CC(=O)Nc1noc(-c2ccccc2C)n1. The number of rotatable bonds is 2. The van der Waals surface area contributed by atoms with E-state index in [-0.39, 0.29) is 11.9 Å².